The van der Waals surface area contributed by atoms with E-state index in [-0.39, 0.29) is 51.0 Å². The summed E-state index contributed by atoms with van der Waals surface area (Å²) in [6.07, 6.45) is 5.50. The summed E-state index contributed by atoms with van der Waals surface area (Å²) in [6.45, 7) is 11.2. The molecule has 0 heterocycles. The van der Waals surface area contributed by atoms with Crippen molar-refractivity contribution in [1.29, 1.82) is 0 Å². The Kier molecular flexibility index (Phi) is 17.6. The summed E-state index contributed by atoms with van der Waals surface area (Å²) in [5, 5.41) is 5.49. The quantitative estimate of drug-likeness (QED) is 0.208. The first-order valence-electron chi connectivity index (χ1n) is 14.2. The van der Waals surface area contributed by atoms with Crippen molar-refractivity contribution in [1.82, 2.24) is 0 Å². The fourth-order valence-corrected chi connectivity index (χ4v) is 5.20. The van der Waals surface area contributed by atoms with Gasteiger partial charge < -0.3 is 45.1 Å². The van der Waals surface area contributed by atoms with Crippen LogP contribution in [0.2, 0.25) is 0 Å². The maximum absolute atomic E-state index is 3.38. The van der Waals surface area contributed by atoms with E-state index in [0.717, 1.165) is 6.42 Å². The van der Waals surface area contributed by atoms with E-state index in [0.29, 0.717) is 0 Å². The van der Waals surface area contributed by atoms with Gasteiger partial charge in [-0.15, -0.1) is 69.1 Å². The summed E-state index contributed by atoms with van der Waals surface area (Å²) in [4.78, 5) is 0. The molecule has 0 unspecified atom stereocenters. The summed E-state index contributed by atoms with van der Waals surface area (Å²) in [7, 11) is 0. The number of hydrogen-bond donors (Lipinski definition) is 0. The summed E-state index contributed by atoms with van der Waals surface area (Å²) in [5.41, 5.74) is 8.20. The molecule has 0 aliphatic heterocycles. The molecule has 0 spiro atoms. The molecule has 0 saturated heterocycles. The molecule has 0 N–H and O–H groups in total. The smallest absolute Gasteiger partial charge is 1.00 e. The SMILES string of the molecule is CCCc1cc2c(-c3ccccc3)cccc2[cH-]1.CCCc1cc2c(-c3ccccc3)cccc2[cH-]1.[CH2-]C[CH2-].[Cl-].[Cl-].[Zr+2]. The average molecular weight is 671 g/mol. The minimum Gasteiger partial charge on any atom is -1.00 e. The van der Waals surface area contributed by atoms with E-state index in [1.807, 2.05) is 0 Å². The fraction of sp³-hybridized carbons (Fsp3) is 0.179. The van der Waals surface area contributed by atoms with E-state index in [1.165, 1.54) is 80.6 Å². The van der Waals surface area contributed by atoms with E-state index >= 15 is 0 Å². The van der Waals surface area contributed by atoms with E-state index in [1.54, 1.807) is 0 Å². The van der Waals surface area contributed by atoms with Gasteiger partial charge in [0.05, 0.1) is 0 Å². The minimum atomic E-state index is 0. The molecule has 6 rings (SSSR count). The number of halogens is 2. The van der Waals surface area contributed by atoms with Gasteiger partial charge in [-0.2, -0.15) is 12.1 Å². The number of fused-ring (bicyclic) bond motifs is 2. The van der Waals surface area contributed by atoms with Crippen LogP contribution in [0.5, 0.6) is 0 Å². The van der Waals surface area contributed by atoms with Gasteiger partial charge in [-0.1, -0.05) is 111 Å². The van der Waals surface area contributed by atoms with Crippen LogP contribution in [0.1, 0.15) is 44.2 Å². The molecule has 3 heteroatoms. The Balaban J connectivity index is 0.000000361. The molecular weight excluding hydrogens is 631 g/mol. The van der Waals surface area contributed by atoms with Gasteiger partial charge in [0.1, 0.15) is 0 Å². The van der Waals surface area contributed by atoms with Crippen molar-refractivity contribution in [2.45, 2.75) is 46.0 Å². The average Bonchev–Trinajstić information content (AvgIpc) is 3.58. The summed E-state index contributed by atoms with van der Waals surface area (Å²) in [5.74, 6) is 0. The molecule has 0 nitrogen and oxygen atoms in total. The van der Waals surface area contributed by atoms with Crippen LogP contribution in [-0.2, 0) is 39.0 Å². The molecule has 218 valence electrons. The Bertz CT molecular complexity index is 1440. The third kappa shape index (κ3) is 9.81. The van der Waals surface area contributed by atoms with Crippen molar-refractivity contribution in [3.05, 3.63) is 146 Å². The number of benzene rings is 4. The Morgan fingerprint density at radius 1 is 0.524 bits per heavy atom. The fourth-order valence-electron chi connectivity index (χ4n) is 5.20. The molecule has 6 aromatic carbocycles. The van der Waals surface area contributed by atoms with Crippen LogP contribution in [0.25, 0.3) is 43.8 Å². The van der Waals surface area contributed by atoms with Crippen LogP contribution < -0.4 is 24.8 Å². The van der Waals surface area contributed by atoms with Gasteiger partial charge in [-0.3, -0.25) is 0 Å². The Hall–Kier alpha value is -2.44. The molecule has 0 saturated carbocycles. The van der Waals surface area contributed by atoms with Crippen molar-refractivity contribution in [3.8, 4) is 22.3 Å². The number of hydrogen-bond acceptors (Lipinski definition) is 0. The second kappa shape index (κ2) is 19.7. The molecule has 42 heavy (non-hydrogen) atoms. The van der Waals surface area contributed by atoms with E-state index < -0.39 is 0 Å². The van der Waals surface area contributed by atoms with Gasteiger partial charge in [-0.25, -0.2) is 0 Å². The van der Waals surface area contributed by atoms with Crippen molar-refractivity contribution in [2.24, 2.45) is 0 Å². The molecular formula is C39H40Cl2Zr-4. The van der Waals surface area contributed by atoms with Crippen molar-refractivity contribution in [2.75, 3.05) is 0 Å². The van der Waals surface area contributed by atoms with Gasteiger partial charge in [0.25, 0.3) is 0 Å². The second-order valence-electron chi connectivity index (χ2n) is 9.93. The van der Waals surface area contributed by atoms with Gasteiger partial charge in [0.15, 0.2) is 0 Å². The first-order valence-corrected chi connectivity index (χ1v) is 14.2. The van der Waals surface area contributed by atoms with Crippen molar-refractivity contribution in [3.63, 3.8) is 0 Å². The maximum Gasteiger partial charge on any atom is 2.00 e. The molecule has 0 aromatic heterocycles. The molecule has 0 aliphatic rings. The van der Waals surface area contributed by atoms with Crippen LogP contribution in [-0.4, -0.2) is 0 Å². The first-order chi connectivity index (χ1) is 19.2. The van der Waals surface area contributed by atoms with Crippen molar-refractivity contribution >= 4 is 21.5 Å². The predicted octanol–water partition coefficient (Wildman–Crippen LogP) is 5.41. The number of rotatable bonds is 6. The standard InChI is InChI=1S/2C18H17.C3H6.2ClH.Zr/c2*1-2-7-14-12-16-10-6-11-17(18(16)13-14)15-8-4-3-5-9-15;1-3-2;;;/h2*3-6,8-13H,2,7H2,1H3;1-3H2;2*1H;/q2*-1;-2;;;+2/p-2. The zero-order valence-electron chi connectivity index (χ0n) is 24.8. The normalized spacial score (nSPS) is 9.81. The van der Waals surface area contributed by atoms with Crippen molar-refractivity contribution < 1.29 is 51.0 Å². The van der Waals surface area contributed by atoms with E-state index in [9.17, 15) is 0 Å². The monoisotopic (exact) mass is 668 g/mol. The Morgan fingerprint density at radius 3 is 1.21 bits per heavy atom. The van der Waals surface area contributed by atoms with Crippen LogP contribution in [0.3, 0.4) is 0 Å². The molecule has 0 fully saturated rings. The molecule has 0 bridgehead atoms. The van der Waals surface area contributed by atoms with Gasteiger partial charge in [0.2, 0.25) is 0 Å². The molecule has 6 aromatic rings. The molecule has 0 atom stereocenters. The zero-order chi connectivity index (χ0) is 27.5. The number of aryl methyl sites for hydroxylation is 2. The van der Waals surface area contributed by atoms with Crippen LogP contribution in [0.15, 0.2) is 121 Å². The minimum absolute atomic E-state index is 0. The third-order valence-electron chi connectivity index (χ3n) is 6.87. The molecule has 0 amide bonds. The van der Waals surface area contributed by atoms with Gasteiger partial charge >= 0.3 is 26.2 Å². The molecule has 0 aliphatic carbocycles. The second-order valence-corrected chi connectivity index (χ2v) is 9.93. The Labute approximate surface area is 285 Å². The Morgan fingerprint density at radius 2 is 0.881 bits per heavy atom. The largest absolute Gasteiger partial charge is 2.00 e. The van der Waals surface area contributed by atoms with Crippen LogP contribution in [0.4, 0.5) is 0 Å². The maximum atomic E-state index is 3.38. The van der Waals surface area contributed by atoms with E-state index in [4.69, 9.17) is 0 Å². The van der Waals surface area contributed by atoms with Crippen LogP contribution in [0, 0.1) is 13.8 Å². The zero-order valence-corrected chi connectivity index (χ0v) is 28.7. The van der Waals surface area contributed by atoms with Gasteiger partial charge in [-0.05, 0) is 24.0 Å². The first kappa shape index (κ1) is 37.6. The summed E-state index contributed by atoms with van der Waals surface area (Å²) >= 11 is 0. The van der Waals surface area contributed by atoms with E-state index in [2.05, 4.69) is 149 Å². The topological polar surface area (TPSA) is 0 Å². The third-order valence-corrected chi connectivity index (χ3v) is 6.87. The van der Waals surface area contributed by atoms with Gasteiger partial charge in [0, 0.05) is 0 Å². The summed E-state index contributed by atoms with van der Waals surface area (Å²) < 4.78 is 0. The predicted molar refractivity (Wildman–Crippen MR) is 173 cm³/mol. The molecule has 0 radical (unpaired) electrons. The van der Waals surface area contributed by atoms with Crippen LogP contribution >= 0.6 is 0 Å². The summed E-state index contributed by atoms with van der Waals surface area (Å²) in [6, 6.07) is 43.8.